The summed E-state index contributed by atoms with van der Waals surface area (Å²) in [5.74, 6) is -0.332. The van der Waals surface area contributed by atoms with E-state index in [1.165, 1.54) is 7.11 Å². The molecule has 0 aromatic heterocycles. The third kappa shape index (κ3) is 6.90. The summed E-state index contributed by atoms with van der Waals surface area (Å²) >= 11 is 0. The maximum atomic E-state index is 11.5. The fourth-order valence-electron chi connectivity index (χ4n) is 1.24. The van der Waals surface area contributed by atoms with Gasteiger partial charge < -0.3 is 24.3 Å². The van der Waals surface area contributed by atoms with Gasteiger partial charge in [-0.1, -0.05) is 0 Å². The second-order valence-corrected chi connectivity index (χ2v) is 4.08. The number of rotatable bonds is 11. The molecule has 0 rings (SSSR count). The van der Waals surface area contributed by atoms with Crippen LogP contribution in [0.1, 0.15) is 13.3 Å². The first-order chi connectivity index (χ1) is 8.60. The van der Waals surface area contributed by atoms with Gasteiger partial charge in [-0.05, 0) is 20.4 Å². The third-order valence-corrected chi connectivity index (χ3v) is 2.59. The normalized spacial score (nSPS) is 14.2. The maximum absolute atomic E-state index is 11.5. The van der Waals surface area contributed by atoms with Gasteiger partial charge >= 0.3 is 5.97 Å². The molecule has 0 spiro atoms. The summed E-state index contributed by atoms with van der Waals surface area (Å²) in [4.78, 5) is 11.5. The second-order valence-electron chi connectivity index (χ2n) is 4.08. The van der Waals surface area contributed by atoms with Crippen LogP contribution in [-0.4, -0.2) is 65.8 Å². The van der Waals surface area contributed by atoms with Gasteiger partial charge in [0.15, 0.2) is 0 Å². The number of esters is 1. The summed E-state index contributed by atoms with van der Waals surface area (Å²) in [6.07, 6.45) is 0.782. The van der Waals surface area contributed by atoms with Gasteiger partial charge in [0.1, 0.15) is 5.54 Å². The first-order valence-corrected chi connectivity index (χ1v) is 6.02. The molecule has 0 heterocycles. The van der Waals surface area contributed by atoms with Crippen LogP contribution in [0.25, 0.3) is 0 Å². The van der Waals surface area contributed by atoms with Crippen LogP contribution in [-0.2, 0) is 23.7 Å². The topological polar surface area (TPSA) is 66.0 Å². The van der Waals surface area contributed by atoms with Crippen LogP contribution in [0.2, 0.25) is 0 Å². The zero-order chi connectivity index (χ0) is 13.9. The zero-order valence-corrected chi connectivity index (χ0v) is 11.8. The molecule has 0 aromatic carbocycles. The van der Waals surface area contributed by atoms with Gasteiger partial charge in [-0.2, -0.15) is 0 Å². The van der Waals surface area contributed by atoms with Crippen molar-refractivity contribution in [2.75, 3.05) is 54.3 Å². The van der Waals surface area contributed by atoms with Gasteiger partial charge in [-0.3, -0.25) is 0 Å². The van der Waals surface area contributed by atoms with Crippen molar-refractivity contribution in [3.05, 3.63) is 0 Å². The van der Waals surface area contributed by atoms with E-state index in [0.29, 0.717) is 26.4 Å². The Labute approximate surface area is 109 Å². The highest BCUT2D eigenvalue weighted by molar-refractivity contribution is 5.80. The van der Waals surface area contributed by atoms with E-state index in [2.05, 4.69) is 5.32 Å². The van der Waals surface area contributed by atoms with Crippen LogP contribution in [0.3, 0.4) is 0 Å². The van der Waals surface area contributed by atoms with Crippen molar-refractivity contribution >= 4 is 5.97 Å². The van der Waals surface area contributed by atoms with Gasteiger partial charge in [-0.25, -0.2) is 4.79 Å². The standard InChI is InChI=1S/C12H25NO5/c1-12(13-2,11(14)16-4)10-18-7-5-6-17-9-8-15-3/h13H,5-10H2,1-4H3. The van der Waals surface area contributed by atoms with Crippen LogP contribution >= 0.6 is 0 Å². The van der Waals surface area contributed by atoms with E-state index in [4.69, 9.17) is 18.9 Å². The predicted octanol–water partition coefficient (Wildman–Crippen LogP) is 0.207. The van der Waals surface area contributed by atoms with Crippen molar-refractivity contribution in [2.24, 2.45) is 0 Å². The highest BCUT2D eigenvalue weighted by Gasteiger charge is 2.32. The summed E-state index contributed by atoms with van der Waals surface area (Å²) in [6.45, 7) is 4.37. The maximum Gasteiger partial charge on any atom is 0.328 e. The average molecular weight is 263 g/mol. The highest BCUT2D eigenvalue weighted by atomic mass is 16.5. The summed E-state index contributed by atoms with van der Waals surface area (Å²) in [6, 6.07) is 0. The van der Waals surface area contributed by atoms with Gasteiger partial charge in [0.05, 0.1) is 26.9 Å². The summed E-state index contributed by atoms with van der Waals surface area (Å²) in [7, 11) is 4.70. The monoisotopic (exact) mass is 263 g/mol. The molecule has 1 atom stereocenters. The number of nitrogens with one attached hydrogen (secondary N) is 1. The summed E-state index contributed by atoms with van der Waals surface area (Å²) in [5, 5.41) is 2.90. The minimum atomic E-state index is -0.800. The molecule has 0 bridgehead atoms. The molecule has 0 aliphatic carbocycles. The number of carbonyl (C=O) groups excluding carboxylic acids is 1. The lowest BCUT2D eigenvalue weighted by Gasteiger charge is -2.25. The molecule has 1 N–H and O–H groups in total. The molecule has 0 aliphatic rings. The number of hydrogen-bond donors (Lipinski definition) is 1. The molecular weight excluding hydrogens is 238 g/mol. The third-order valence-electron chi connectivity index (χ3n) is 2.59. The van der Waals surface area contributed by atoms with Gasteiger partial charge in [-0.15, -0.1) is 0 Å². The van der Waals surface area contributed by atoms with Gasteiger partial charge in [0.25, 0.3) is 0 Å². The summed E-state index contributed by atoms with van der Waals surface area (Å²) in [5.41, 5.74) is -0.800. The Hall–Kier alpha value is -0.690. The molecule has 0 aliphatic heterocycles. The van der Waals surface area contributed by atoms with E-state index < -0.39 is 5.54 Å². The molecule has 6 nitrogen and oxygen atoms in total. The lowest BCUT2D eigenvalue weighted by Crippen LogP contribution is -2.52. The molecule has 0 saturated heterocycles. The summed E-state index contributed by atoms with van der Waals surface area (Å²) < 4.78 is 20.3. The number of hydrogen-bond acceptors (Lipinski definition) is 6. The number of carbonyl (C=O) groups is 1. The molecule has 0 amide bonds. The molecule has 108 valence electrons. The van der Waals surface area contributed by atoms with E-state index in [1.807, 2.05) is 0 Å². The molecular formula is C12H25NO5. The van der Waals surface area contributed by atoms with E-state index in [0.717, 1.165) is 6.42 Å². The number of likely N-dealkylation sites (N-methyl/N-ethyl adjacent to an activating group) is 1. The second kappa shape index (κ2) is 10.3. The van der Waals surface area contributed by atoms with Crippen molar-refractivity contribution in [1.82, 2.24) is 5.32 Å². The van der Waals surface area contributed by atoms with Gasteiger partial charge in [0.2, 0.25) is 0 Å². The smallest absolute Gasteiger partial charge is 0.328 e. The molecule has 1 unspecified atom stereocenters. The lowest BCUT2D eigenvalue weighted by atomic mass is 10.1. The highest BCUT2D eigenvalue weighted by Crippen LogP contribution is 2.06. The first kappa shape index (κ1) is 17.3. The SMILES string of the molecule is CNC(C)(COCCCOCCOC)C(=O)OC. The Bertz CT molecular complexity index is 225. The van der Waals surface area contributed by atoms with Crippen molar-refractivity contribution in [3.8, 4) is 0 Å². The van der Waals surface area contributed by atoms with E-state index in [9.17, 15) is 4.79 Å². The fourth-order valence-corrected chi connectivity index (χ4v) is 1.24. The predicted molar refractivity (Wildman–Crippen MR) is 67.6 cm³/mol. The molecule has 18 heavy (non-hydrogen) atoms. The average Bonchev–Trinajstić information content (AvgIpc) is 2.40. The van der Waals surface area contributed by atoms with E-state index >= 15 is 0 Å². The Kier molecular flexibility index (Phi) is 9.86. The quantitative estimate of drug-likeness (QED) is 0.424. The Morgan fingerprint density at radius 3 is 2.33 bits per heavy atom. The molecule has 0 saturated carbocycles. The van der Waals surface area contributed by atoms with Crippen molar-refractivity contribution in [1.29, 1.82) is 0 Å². The Morgan fingerprint density at radius 2 is 1.78 bits per heavy atom. The fraction of sp³-hybridized carbons (Fsp3) is 0.917. The molecule has 0 radical (unpaired) electrons. The van der Waals surface area contributed by atoms with Crippen molar-refractivity contribution in [2.45, 2.75) is 18.9 Å². The van der Waals surface area contributed by atoms with Crippen LogP contribution in [0.5, 0.6) is 0 Å². The van der Waals surface area contributed by atoms with Crippen LogP contribution in [0.4, 0.5) is 0 Å². The molecule has 0 fully saturated rings. The van der Waals surface area contributed by atoms with Crippen LogP contribution < -0.4 is 5.32 Å². The van der Waals surface area contributed by atoms with E-state index in [1.54, 1.807) is 21.1 Å². The van der Waals surface area contributed by atoms with E-state index in [-0.39, 0.29) is 12.6 Å². The minimum absolute atomic E-state index is 0.272. The van der Waals surface area contributed by atoms with Crippen molar-refractivity contribution in [3.63, 3.8) is 0 Å². The Morgan fingerprint density at radius 1 is 1.11 bits per heavy atom. The Balaban J connectivity index is 3.60. The zero-order valence-electron chi connectivity index (χ0n) is 11.8. The largest absolute Gasteiger partial charge is 0.468 e. The lowest BCUT2D eigenvalue weighted by molar-refractivity contribution is -0.150. The van der Waals surface area contributed by atoms with Gasteiger partial charge in [0, 0.05) is 20.3 Å². The molecule has 0 aromatic rings. The van der Waals surface area contributed by atoms with Crippen LogP contribution in [0.15, 0.2) is 0 Å². The first-order valence-electron chi connectivity index (χ1n) is 6.02. The van der Waals surface area contributed by atoms with Crippen molar-refractivity contribution < 1.29 is 23.7 Å². The number of methoxy groups -OCH3 is 2. The minimum Gasteiger partial charge on any atom is -0.468 e. The number of ether oxygens (including phenoxy) is 4. The van der Waals surface area contributed by atoms with Crippen LogP contribution in [0, 0.1) is 0 Å². The molecule has 6 heteroatoms.